The number of benzene rings is 1. The molecule has 0 bridgehead atoms. The molecule has 0 amide bonds. The molecule has 0 radical (unpaired) electrons. The van der Waals surface area contributed by atoms with Gasteiger partial charge in [0, 0.05) is 0 Å². The van der Waals surface area contributed by atoms with Crippen LogP contribution in [0.15, 0.2) is 36.7 Å². The molecule has 174 valence electrons. The molecular weight excluding hydrogens is 379 g/mol. The number of halogens is 1. The molecule has 0 aromatic heterocycles. The van der Waals surface area contributed by atoms with E-state index in [1.54, 1.807) is 11.6 Å². The van der Waals surface area contributed by atoms with Crippen LogP contribution in [0.4, 0.5) is 4.39 Å². The predicted octanol–water partition coefficient (Wildman–Crippen LogP) is 9.93. The maximum atomic E-state index is 12.1. The van der Waals surface area contributed by atoms with Gasteiger partial charge in [0.1, 0.15) is 0 Å². The number of rotatable bonds is 12. The molecule has 0 spiro atoms. The third kappa shape index (κ3) is 8.74. The molecule has 0 heterocycles. The van der Waals surface area contributed by atoms with Crippen LogP contribution in [-0.2, 0) is 6.42 Å². The highest BCUT2D eigenvalue weighted by Gasteiger charge is 2.25. The van der Waals surface area contributed by atoms with Gasteiger partial charge in [-0.3, -0.25) is 0 Å². The van der Waals surface area contributed by atoms with E-state index in [0.717, 1.165) is 30.1 Å². The second-order valence-corrected chi connectivity index (χ2v) is 10.7. The molecule has 31 heavy (non-hydrogen) atoms. The molecular formula is C30H47F. The zero-order chi connectivity index (χ0) is 21.7. The maximum Gasteiger partial charge on any atom is 0.0827 e. The van der Waals surface area contributed by atoms with Crippen molar-refractivity contribution in [3.05, 3.63) is 47.8 Å². The number of hydrogen-bond acceptors (Lipinski definition) is 0. The number of aryl methyl sites for hydroxylation is 1. The lowest BCUT2D eigenvalue weighted by Crippen LogP contribution is -2.17. The quantitative estimate of drug-likeness (QED) is 0.292. The summed E-state index contributed by atoms with van der Waals surface area (Å²) in [5.74, 6) is 3.60. The molecule has 1 heteroatoms. The molecule has 1 aromatic rings. The number of hydrogen-bond donors (Lipinski definition) is 0. The van der Waals surface area contributed by atoms with Gasteiger partial charge in [0.15, 0.2) is 0 Å². The fourth-order valence-corrected chi connectivity index (χ4v) is 6.17. The van der Waals surface area contributed by atoms with Crippen molar-refractivity contribution < 1.29 is 4.39 Å². The first-order valence-electron chi connectivity index (χ1n) is 13.6. The summed E-state index contributed by atoms with van der Waals surface area (Å²) in [5, 5.41) is 0. The van der Waals surface area contributed by atoms with Gasteiger partial charge in [0.25, 0.3) is 0 Å². The summed E-state index contributed by atoms with van der Waals surface area (Å²) in [6, 6.07) is 9.67. The lowest BCUT2D eigenvalue weighted by molar-refractivity contribution is 0.225. The molecule has 0 nitrogen and oxygen atoms in total. The minimum absolute atomic E-state index is 0.713. The average Bonchev–Trinajstić information content (AvgIpc) is 2.82. The van der Waals surface area contributed by atoms with E-state index in [2.05, 4.69) is 31.2 Å². The van der Waals surface area contributed by atoms with Crippen LogP contribution in [-0.4, -0.2) is 0 Å². The summed E-state index contributed by atoms with van der Waals surface area (Å²) < 4.78 is 12.1. The average molecular weight is 427 g/mol. The van der Waals surface area contributed by atoms with Gasteiger partial charge < -0.3 is 0 Å². The van der Waals surface area contributed by atoms with E-state index in [-0.39, 0.29) is 0 Å². The zero-order valence-electron chi connectivity index (χ0n) is 20.2. The Bertz CT molecular complexity index is 600. The van der Waals surface area contributed by atoms with Crippen molar-refractivity contribution in [3.8, 4) is 0 Å². The molecule has 1 aromatic carbocycles. The first-order chi connectivity index (χ1) is 15.3. The fourth-order valence-electron chi connectivity index (χ4n) is 6.17. The monoisotopic (exact) mass is 426 g/mol. The Hall–Kier alpha value is -1.11. The van der Waals surface area contributed by atoms with Crippen molar-refractivity contribution in [2.24, 2.45) is 17.8 Å². The topological polar surface area (TPSA) is 0 Å². The summed E-state index contributed by atoms with van der Waals surface area (Å²) in [6.07, 6.45) is 25.4. The van der Waals surface area contributed by atoms with E-state index in [9.17, 15) is 4.39 Å². The molecule has 2 aliphatic rings. The van der Waals surface area contributed by atoms with Crippen LogP contribution < -0.4 is 0 Å². The Morgan fingerprint density at radius 3 is 1.90 bits per heavy atom. The molecule has 0 atom stereocenters. The molecule has 0 saturated heterocycles. The van der Waals surface area contributed by atoms with Gasteiger partial charge in [0.05, 0.1) is 6.33 Å². The molecule has 2 aliphatic carbocycles. The van der Waals surface area contributed by atoms with Crippen molar-refractivity contribution in [2.45, 2.75) is 122 Å². The van der Waals surface area contributed by atoms with Crippen LogP contribution in [0.5, 0.6) is 0 Å². The highest BCUT2D eigenvalue weighted by atomic mass is 19.1. The lowest BCUT2D eigenvalue weighted by Gasteiger charge is -2.32. The van der Waals surface area contributed by atoms with E-state index in [1.807, 2.05) is 0 Å². The van der Waals surface area contributed by atoms with Crippen LogP contribution in [0, 0.1) is 17.8 Å². The predicted molar refractivity (Wildman–Crippen MR) is 133 cm³/mol. The van der Waals surface area contributed by atoms with Crippen LogP contribution in [0.2, 0.25) is 0 Å². The van der Waals surface area contributed by atoms with E-state index in [4.69, 9.17) is 0 Å². The van der Waals surface area contributed by atoms with E-state index < -0.39 is 0 Å². The van der Waals surface area contributed by atoms with Gasteiger partial charge in [-0.2, -0.15) is 0 Å². The molecule has 0 N–H and O–H groups in total. The normalized spacial score (nSPS) is 27.0. The molecule has 0 aliphatic heterocycles. The van der Waals surface area contributed by atoms with Crippen molar-refractivity contribution in [2.75, 3.05) is 0 Å². The van der Waals surface area contributed by atoms with E-state index in [1.165, 1.54) is 108 Å². The fraction of sp³-hybridized carbons (Fsp3) is 0.733. The Kier molecular flexibility index (Phi) is 11.2. The lowest BCUT2D eigenvalue weighted by atomic mass is 9.74. The van der Waals surface area contributed by atoms with Crippen LogP contribution in [0.25, 0.3) is 0 Å². The maximum absolute atomic E-state index is 12.1. The summed E-state index contributed by atoms with van der Waals surface area (Å²) >= 11 is 0. The van der Waals surface area contributed by atoms with Gasteiger partial charge in [-0.1, -0.05) is 95.1 Å². The van der Waals surface area contributed by atoms with E-state index >= 15 is 0 Å². The Morgan fingerprint density at radius 1 is 0.742 bits per heavy atom. The number of unbranched alkanes of at least 4 members (excludes halogenated alkanes) is 3. The highest BCUT2D eigenvalue weighted by Crippen LogP contribution is 2.40. The minimum atomic E-state index is 0.713. The van der Waals surface area contributed by atoms with Gasteiger partial charge in [0.2, 0.25) is 0 Å². The zero-order valence-corrected chi connectivity index (χ0v) is 20.2. The standard InChI is InChI=1S/C30H47F/c1-2-3-4-5-8-26-16-20-29(21-17-26)30-22-18-28(19-23-30)15-14-27-12-10-25(11-13-27)9-6-7-24-31/h7,16-17,20-21,24-25,27-28,30H,2-6,8-15,18-19,22-23H2,1H3. The van der Waals surface area contributed by atoms with Gasteiger partial charge in [-0.05, 0) is 86.2 Å². The summed E-state index contributed by atoms with van der Waals surface area (Å²) in [4.78, 5) is 0. The summed E-state index contributed by atoms with van der Waals surface area (Å²) in [5.41, 5.74) is 3.12. The van der Waals surface area contributed by atoms with Crippen molar-refractivity contribution in [3.63, 3.8) is 0 Å². The minimum Gasteiger partial charge on any atom is -0.216 e. The molecule has 2 saturated carbocycles. The molecule has 0 unspecified atom stereocenters. The smallest absolute Gasteiger partial charge is 0.0827 e. The third-order valence-electron chi connectivity index (χ3n) is 8.40. The first-order valence-corrected chi connectivity index (χ1v) is 13.6. The second kappa shape index (κ2) is 14.1. The molecule has 3 rings (SSSR count). The van der Waals surface area contributed by atoms with Crippen LogP contribution in [0.3, 0.4) is 0 Å². The SMILES string of the molecule is CCCCCCc1ccc(C2CCC(CCC3CCC(CCC=CF)CC3)CC2)cc1. The summed E-state index contributed by atoms with van der Waals surface area (Å²) in [6.45, 7) is 2.28. The van der Waals surface area contributed by atoms with E-state index in [0.29, 0.717) is 6.33 Å². The van der Waals surface area contributed by atoms with Crippen molar-refractivity contribution in [1.29, 1.82) is 0 Å². The van der Waals surface area contributed by atoms with Crippen molar-refractivity contribution >= 4 is 0 Å². The van der Waals surface area contributed by atoms with Crippen molar-refractivity contribution in [1.82, 2.24) is 0 Å². The Balaban J connectivity index is 1.29. The van der Waals surface area contributed by atoms with Gasteiger partial charge in [-0.25, -0.2) is 4.39 Å². The highest BCUT2D eigenvalue weighted by molar-refractivity contribution is 5.26. The van der Waals surface area contributed by atoms with Crippen LogP contribution >= 0.6 is 0 Å². The van der Waals surface area contributed by atoms with Gasteiger partial charge in [-0.15, -0.1) is 0 Å². The Labute approximate surface area is 192 Å². The summed E-state index contributed by atoms with van der Waals surface area (Å²) in [7, 11) is 0. The molecule has 2 fully saturated rings. The Morgan fingerprint density at radius 2 is 1.32 bits per heavy atom. The van der Waals surface area contributed by atoms with Crippen LogP contribution in [0.1, 0.15) is 127 Å². The largest absolute Gasteiger partial charge is 0.216 e. The first kappa shape index (κ1) is 24.5. The third-order valence-corrected chi connectivity index (χ3v) is 8.40. The van der Waals surface area contributed by atoms with Gasteiger partial charge >= 0.3 is 0 Å². The second-order valence-electron chi connectivity index (χ2n) is 10.7. The number of allylic oxidation sites excluding steroid dienone is 1.